The summed E-state index contributed by atoms with van der Waals surface area (Å²) in [7, 11) is 0. The van der Waals surface area contributed by atoms with Gasteiger partial charge in [-0.15, -0.1) is 21.5 Å². The molecule has 0 radical (unpaired) electrons. The van der Waals surface area contributed by atoms with Gasteiger partial charge in [0, 0.05) is 40.5 Å². The van der Waals surface area contributed by atoms with Crippen LogP contribution in [-0.4, -0.2) is 80.1 Å². The molecule has 2 aromatic heterocycles. The standard InChI is InChI=1S/C37H35ClN8O7S/c1-18-19(2)54-36-29(18)31(21-9-11-22(38)12-10-21)41-24(32-44-43-20(3)45(32)36)17-28(48)39-15-4-5-16-40-37(52)53-26-8-6-7-23-30(26)35(51)46(34(23)50)25-13-14-27(47)42-33(25)49/h6-12,24-25H,4-5,13-17H2,1-3H3,(H,39,48)(H,40,52)(H,42,47,49)/t24-,25?/m0/s1. The number of ether oxygens (including phenoxy) is 1. The number of aromatic nitrogens is 3. The van der Waals surface area contributed by atoms with Crippen molar-refractivity contribution >= 4 is 64.3 Å². The molecule has 17 heteroatoms. The van der Waals surface area contributed by atoms with Crippen molar-refractivity contribution in [3.05, 3.63) is 91.8 Å². The number of halogens is 1. The Bertz CT molecular complexity index is 2260. The number of aliphatic imine (C=N–C) groups is 1. The van der Waals surface area contributed by atoms with E-state index in [1.165, 1.54) is 18.2 Å². The summed E-state index contributed by atoms with van der Waals surface area (Å²) < 4.78 is 7.38. The average molecular weight is 771 g/mol. The molecule has 1 fully saturated rings. The molecule has 3 aliphatic rings. The van der Waals surface area contributed by atoms with Crippen molar-refractivity contribution in [1.82, 2.24) is 35.6 Å². The van der Waals surface area contributed by atoms with E-state index in [1.54, 1.807) is 11.3 Å². The molecule has 54 heavy (non-hydrogen) atoms. The van der Waals surface area contributed by atoms with Gasteiger partial charge in [0.25, 0.3) is 11.8 Å². The molecule has 0 bridgehead atoms. The van der Waals surface area contributed by atoms with Crippen molar-refractivity contribution in [3.8, 4) is 10.8 Å². The number of imide groups is 2. The third-order valence-corrected chi connectivity index (χ3v) is 11.0. The molecule has 1 saturated heterocycles. The van der Waals surface area contributed by atoms with Gasteiger partial charge in [-0.1, -0.05) is 29.8 Å². The lowest BCUT2D eigenvalue weighted by Gasteiger charge is -2.27. The van der Waals surface area contributed by atoms with Crippen LogP contribution < -0.4 is 20.7 Å². The number of thiophene rings is 1. The molecule has 2 aromatic carbocycles. The lowest BCUT2D eigenvalue weighted by atomic mass is 9.99. The normalized spacial score (nSPS) is 17.6. The van der Waals surface area contributed by atoms with E-state index in [-0.39, 0.29) is 48.6 Å². The predicted molar refractivity (Wildman–Crippen MR) is 197 cm³/mol. The van der Waals surface area contributed by atoms with Crippen LogP contribution in [0.4, 0.5) is 4.79 Å². The Balaban J connectivity index is 0.935. The minimum absolute atomic E-state index is 0.00171. The highest BCUT2D eigenvalue weighted by Gasteiger charge is 2.46. The van der Waals surface area contributed by atoms with E-state index < -0.39 is 41.8 Å². The predicted octanol–water partition coefficient (Wildman–Crippen LogP) is 4.28. The first-order valence-electron chi connectivity index (χ1n) is 17.4. The second kappa shape index (κ2) is 14.9. The van der Waals surface area contributed by atoms with Crippen molar-refractivity contribution in [2.24, 2.45) is 4.99 Å². The van der Waals surface area contributed by atoms with Crippen molar-refractivity contribution in [2.45, 2.75) is 65.0 Å². The van der Waals surface area contributed by atoms with Crippen LogP contribution in [0, 0.1) is 20.8 Å². The number of hydrogen-bond donors (Lipinski definition) is 3. The highest BCUT2D eigenvalue weighted by atomic mass is 35.5. The molecule has 278 valence electrons. The fourth-order valence-corrected chi connectivity index (χ4v) is 8.09. The van der Waals surface area contributed by atoms with Gasteiger partial charge < -0.3 is 15.4 Å². The number of carbonyl (C=O) groups excluding carboxylic acids is 6. The van der Waals surface area contributed by atoms with Crippen LogP contribution in [0.3, 0.4) is 0 Å². The van der Waals surface area contributed by atoms with Crippen molar-refractivity contribution < 1.29 is 33.5 Å². The largest absolute Gasteiger partial charge is 0.412 e. The average Bonchev–Trinajstić information content (AvgIpc) is 3.71. The highest BCUT2D eigenvalue weighted by molar-refractivity contribution is 7.15. The molecule has 3 N–H and O–H groups in total. The first kappa shape index (κ1) is 36.6. The number of aryl methyl sites for hydroxylation is 2. The van der Waals surface area contributed by atoms with Gasteiger partial charge in [-0.3, -0.25) is 43.7 Å². The van der Waals surface area contributed by atoms with Gasteiger partial charge in [-0.2, -0.15) is 0 Å². The summed E-state index contributed by atoms with van der Waals surface area (Å²) in [5.41, 5.74) is 3.57. The van der Waals surface area contributed by atoms with E-state index in [4.69, 9.17) is 21.3 Å². The van der Waals surface area contributed by atoms with Crippen LogP contribution in [0.1, 0.15) is 92.1 Å². The number of hydrogen-bond acceptors (Lipinski definition) is 11. The van der Waals surface area contributed by atoms with Crippen molar-refractivity contribution in [2.75, 3.05) is 13.1 Å². The maximum absolute atomic E-state index is 13.3. The molecule has 6 amide bonds. The highest BCUT2D eigenvalue weighted by Crippen LogP contribution is 2.40. The van der Waals surface area contributed by atoms with Gasteiger partial charge in [0.15, 0.2) is 5.82 Å². The summed E-state index contributed by atoms with van der Waals surface area (Å²) in [4.78, 5) is 83.3. The van der Waals surface area contributed by atoms with Gasteiger partial charge in [-0.05, 0) is 69.9 Å². The number of carbonyl (C=O) groups is 6. The van der Waals surface area contributed by atoms with Crippen LogP contribution in [0.15, 0.2) is 47.5 Å². The Labute approximate surface area is 318 Å². The third-order valence-electron chi connectivity index (χ3n) is 9.56. The number of amides is 6. The third kappa shape index (κ3) is 6.89. The fraction of sp³-hybridized carbons (Fsp3) is 0.324. The molecule has 0 saturated carbocycles. The molecule has 5 heterocycles. The Morgan fingerprint density at radius 1 is 0.963 bits per heavy atom. The molecule has 1 unspecified atom stereocenters. The molecule has 0 spiro atoms. The quantitative estimate of drug-likeness (QED) is 0.156. The monoisotopic (exact) mass is 770 g/mol. The zero-order valence-electron chi connectivity index (χ0n) is 29.5. The number of rotatable bonds is 10. The molecule has 7 rings (SSSR count). The molecular formula is C37H35ClN8O7S. The molecule has 4 aromatic rings. The Morgan fingerprint density at radius 3 is 2.44 bits per heavy atom. The number of unbranched alkanes of at least 4 members (excludes halogenated alkanes) is 1. The minimum atomic E-state index is -1.14. The second-order valence-corrected chi connectivity index (χ2v) is 14.7. The Hall–Kier alpha value is -5.74. The summed E-state index contributed by atoms with van der Waals surface area (Å²) in [5.74, 6) is -1.77. The van der Waals surface area contributed by atoms with E-state index in [2.05, 4.69) is 40.0 Å². The Kier molecular flexibility index (Phi) is 10.1. The zero-order valence-corrected chi connectivity index (χ0v) is 31.1. The lowest BCUT2D eigenvalue weighted by molar-refractivity contribution is -0.136. The summed E-state index contributed by atoms with van der Waals surface area (Å²) >= 11 is 7.83. The number of nitrogens with one attached hydrogen (secondary N) is 3. The second-order valence-electron chi connectivity index (χ2n) is 13.1. The summed E-state index contributed by atoms with van der Waals surface area (Å²) in [5, 5.41) is 18.1. The van der Waals surface area contributed by atoms with E-state index in [0.717, 1.165) is 37.2 Å². The van der Waals surface area contributed by atoms with E-state index >= 15 is 0 Å². The SMILES string of the molecule is Cc1sc2c(c1C)C(c1ccc(Cl)cc1)=N[C@@H](CC(=O)NCCCCNC(=O)Oc1cccc3c1C(=O)N(C1CCC(=O)NC1=O)C3=O)c1nnc(C)n1-2. The molecule has 0 aliphatic carbocycles. The van der Waals surface area contributed by atoms with Gasteiger partial charge >= 0.3 is 6.09 Å². The maximum Gasteiger partial charge on any atom is 0.412 e. The number of piperidine rings is 1. The van der Waals surface area contributed by atoms with E-state index in [0.29, 0.717) is 36.1 Å². The summed E-state index contributed by atoms with van der Waals surface area (Å²) in [6.45, 7) is 6.55. The molecule has 15 nitrogen and oxygen atoms in total. The van der Waals surface area contributed by atoms with Crippen molar-refractivity contribution in [1.29, 1.82) is 0 Å². The topological polar surface area (TPSA) is 194 Å². The number of fused-ring (bicyclic) bond motifs is 4. The Morgan fingerprint density at radius 2 is 1.70 bits per heavy atom. The van der Waals surface area contributed by atoms with Crippen LogP contribution in [0.25, 0.3) is 5.00 Å². The first-order valence-corrected chi connectivity index (χ1v) is 18.6. The first-order chi connectivity index (χ1) is 25.9. The van der Waals surface area contributed by atoms with Gasteiger partial charge in [0.2, 0.25) is 17.7 Å². The van der Waals surface area contributed by atoms with E-state index in [1.807, 2.05) is 35.8 Å². The lowest BCUT2D eigenvalue weighted by Crippen LogP contribution is -2.54. The molecule has 2 atom stereocenters. The van der Waals surface area contributed by atoms with Gasteiger partial charge in [0.05, 0.1) is 23.3 Å². The summed E-state index contributed by atoms with van der Waals surface area (Å²) in [6, 6.07) is 9.98. The van der Waals surface area contributed by atoms with Gasteiger partial charge in [-0.25, -0.2) is 4.79 Å². The zero-order chi connectivity index (χ0) is 38.3. The van der Waals surface area contributed by atoms with Crippen LogP contribution >= 0.6 is 22.9 Å². The van der Waals surface area contributed by atoms with Crippen molar-refractivity contribution in [3.63, 3.8) is 0 Å². The molecule has 3 aliphatic heterocycles. The minimum Gasteiger partial charge on any atom is -0.409 e. The smallest absolute Gasteiger partial charge is 0.409 e. The molecular weight excluding hydrogens is 736 g/mol. The van der Waals surface area contributed by atoms with Crippen LogP contribution in [0.2, 0.25) is 5.02 Å². The van der Waals surface area contributed by atoms with E-state index in [9.17, 15) is 28.8 Å². The number of nitrogens with zero attached hydrogens (tertiary/aromatic N) is 5. The van der Waals surface area contributed by atoms with Crippen LogP contribution in [-0.2, 0) is 14.4 Å². The maximum atomic E-state index is 13.3. The number of benzene rings is 2. The van der Waals surface area contributed by atoms with Gasteiger partial charge in [0.1, 0.15) is 28.7 Å². The van der Waals surface area contributed by atoms with Crippen LogP contribution in [0.5, 0.6) is 5.75 Å². The fourth-order valence-electron chi connectivity index (χ4n) is 6.75. The summed E-state index contributed by atoms with van der Waals surface area (Å²) in [6.07, 6.45) is 0.225.